The molecule has 7 heteroatoms. The molecule has 0 radical (unpaired) electrons. The Hall–Kier alpha value is -2.54. The van der Waals surface area contributed by atoms with Crippen LogP contribution in [-0.4, -0.2) is 35.8 Å². The molecule has 0 heterocycles. The number of amides is 2. The second-order valence-corrected chi connectivity index (χ2v) is 7.00. The number of ether oxygens (including phenoxy) is 1. The molecule has 6 nitrogen and oxygen atoms in total. The van der Waals surface area contributed by atoms with Crippen LogP contribution in [0.4, 0.5) is 0 Å². The first-order valence-electron chi connectivity index (χ1n) is 8.12. The minimum atomic E-state index is -0.863. The molecule has 0 saturated carbocycles. The number of thioether (sulfide) groups is 1. The third-order valence-corrected chi connectivity index (χ3v) is 5.18. The summed E-state index contributed by atoms with van der Waals surface area (Å²) in [4.78, 5) is 34.9. The average Bonchev–Trinajstić information content (AvgIpc) is 2.62. The molecule has 0 aliphatic carbocycles. The van der Waals surface area contributed by atoms with Crippen LogP contribution in [0.15, 0.2) is 36.4 Å². The lowest BCUT2D eigenvalue weighted by Gasteiger charge is -2.16. The first-order chi connectivity index (χ1) is 12.3. The van der Waals surface area contributed by atoms with E-state index in [2.05, 4.69) is 5.32 Å². The van der Waals surface area contributed by atoms with Crippen LogP contribution in [0.1, 0.15) is 25.3 Å². The van der Waals surface area contributed by atoms with Gasteiger partial charge in [0.15, 0.2) is 5.12 Å². The number of carbonyl (C=O) groups excluding carboxylic acids is 3. The molecule has 0 saturated heterocycles. The fourth-order valence-electron chi connectivity index (χ4n) is 2.51. The summed E-state index contributed by atoms with van der Waals surface area (Å²) in [6, 6.07) is 10.7. The molecule has 0 aliphatic rings. The van der Waals surface area contributed by atoms with Crippen LogP contribution in [0.3, 0.4) is 0 Å². The van der Waals surface area contributed by atoms with Crippen LogP contribution >= 0.6 is 11.8 Å². The summed E-state index contributed by atoms with van der Waals surface area (Å²) in [7, 11) is 1.62. The van der Waals surface area contributed by atoms with Crippen molar-refractivity contribution in [1.29, 1.82) is 0 Å². The standard InChI is InChI=1S/C19H22N2O4S/c1-11(19(24)26-10-17(18(20)23)21-12(2)22)13-4-5-15-9-16(25-3)7-6-14(15)8-13/h4-9,11,17H,10H2,1-3H3,(H2,20,23)(H,21,22)/t11-,17+/m1/s1. The Bertz CT molecular complexity index is 837. The van der Waals surface area contributed by atoms with E-state index < -0.39 is 11.9 Å². The second kappa shape index (κ2) is 8.71. The third kappa shape index (κ3) is 4.98. The van der Waals surface area contributed by atoms with E-state index in [1.807, 2.05) is 43.3 Å². The lowest BCUT2D eigenvalue weighted by molar-refractivity contribution is -0.125. The molecule has 26 heavy (non-hydrogen) atoms. The van der Waals surface area contributed by atoms with Crippen molar-refractivity contribution in [3.05, 3.63) is 42.0 Å². The maximum absolute atomic E-state index is 12.5. The number of methoxy groups -OCH3 is 1. The van der Waals surface area contributed by atoms with Crippen LogP contribution in [0.2, 0.25) is 0 Å². The number of hydrogen-bond donors (Lipinski definition) is 2. The van der Waals surface area contributed by atoms with Crippen molar-refractivity contribution >= 4 is 39.5 Å². The van der Waals surface area contributed by atoms with Crippen LogP contribution in [0.25, 0.3) is 10.8 Å². The van der Waals surface area contributed by atoms with E-state index in [-0.39, 0.29) is 22.7 Å². The Kier molecular flexibility index (Phi) is 6.63. The molecule has 2 rings (SSSR count). The summed E-state index contributed by atoms with van der Waals surface area (Å²) in [5, 5.41) is 4.40. The highest BCUT2D eigenvalue weighted by Crippen LogP contribution is 2.28. The SMILES string of the molecule is COc1ccc2cc([C@@H](C)C(=O)SC[C@H](NC(C)=O)C(N)=O)ccc2c1. The zero-order valence-electron chi connectivity index (χ0n) is 14.9. The first-order valence-corrected chi connectivity index (χ1v) is 9.11. The molecule has 2 aromatic carbocycles. The number of rotatable bonds is 7. The maximum atomic E-state index is 12.5. The molecule has 2 amide bonds. The first kappa shape index (κ1) is 19.8. The van der Waals surface area contributed by atoms with Crippen LogP contribution in [0, 0.1) is 0 Å². The summed E-state index contributed by atoms with van der Waals surface area (Å²) in [5.74, 6) is -0.478. The van der Waals surface area contributed by atoms with Gasteiger partial charge in [-0.25, -0.2) is 0 Å². The molecule has 0 aliphatic heterocycles. The number of fused-ring (bicyclic) bond motifs is 1. The third-order valence-electron chi connectivity index (χ3n) is 4.04. The highest BCUT2D eigenvalue weighted by molar-refractivity contribution is 8.13. The summed E-state index contributed by atoms with van der Waals surface area (Å²) < 4.78 is 5.21. The largest absolute Gasteiger partial charge is 0.497 e. The highest BCUT2D eigenvalue weighted by atomic mass is 32.2. The molecule has 0 unspecified atom stereocenters. The normalized spacial score (nSPS) is 13.0. The van der Waals surface area contributed by atoms with Gasteiger partial charge in [0.05, 0.1) is 13.0 Å². The Morgan fingerprint density at radius 3 is 2.42 bits per heavy atom. The van der Waals surface area contributed by atoms with Gasteiger partial charge in [0.1, 0.15) is 11.8 Å². The predicted octanol–water partition coefficient (Wildman–Crippen LogP) is 2.20. The van der Waals surface area contributed by atoms with Crippen LogP contribution in [0.5, 0.6) is 5.75 Å². The number of nitrogens with one attached hydrogen (secondary N) is 1. The average molecular weight is 374 g/mol. The van der Waals surface area contributed by atoms with Gasteiger partial charge in [-0.3, -0.25) is 14.4 Å². The van der Waals surface area contributed by atoms with Crippen LogP contribution in [-0.2, 0) is 14.4 Å². The van der Waals surface area contributed by atoms with E-state index >= 15 is 0 Å². The van der Waals surface area contributed by atoms with Crippen molar-refractivity contribution in [3.63, 3.8) is 0 Å². The van der Waals surface area contributed by atoms with E-state index in [0.29, 0.717) is 0 Å². The number of benzene rings is 2. The lowest BCUT2D eigenvalue weighted by Crippen LogP contribution is -2.45. The van der Waals surface area contributed by atoms with Gasteiger partial charge < -0.3 is 15.8 Å². The summed E-state index contributed by atoms with van der Waals surface area (Å²) in [6.45, 7) is 3.12. The van der Waals surface area contributed by atoms with Gasteiger partial charge >= 0.3 is 0 Å². The van der Waals surface area contributed by atoms with E-state index in [1.54, 1.807) is 7.11 Å². The van der Waals surface area contributed by atoms with E-state index in [4.69, 9.17) is 10.5 Å². The van der Waals surface area contributed by atoms with Gasteiger partial charge in [-0.15, -0.1) is 0 Å². The molecule has 0 spiro atoms. The summed E-state index contributed by atoms with van der Waals surface area (Å²) in [5.41, 5.74) is 6.14. The van der Waals surface area contributed by atoms with Crippen molar-refractivity contribution in [1.82, 2.24) is 5.32 Å². The van der Waals surface area contributed by atoms with Crippen molar-refractivity contribution in [2.45, 2.75) is 25.8 Å². The molecule has 0 bridgehead atoms. The molecule has 138 valence electrons. The topological polar surface area (TPSA) is 98.5 Å². The molecule has 2 aromatic rings. The van der Waals surface area contributed by atoms with E-state index in [1.165, 1.54) is 6.92 Å². The quantitative estimate of drug-likeness (QED) is 0.774. The molecular weight excluding hydrogens is 352 g/mol. The summed E-state index contributed by atoms with van der Waals surface area (Å²) >= 11 is 0.995. The zero-order valence-corrected chi connectivity index (χ0v) is 15.8. The number of hydrogen-bond acceptors (Lipinski definition) is 5. The van der Waals surface area contributed by atoms with E-state index in [9.17, 15) is 14.4 Å². The fourth-order valence-corrected chi connectivity index (χ4v) is 3.47. The van der Waals surface area contributed by atoms with E-state index in [0.717, 1.165) is 33.8 Å². The van der Waals surface area contributed by atoms with Gasteiger partial charge in [-0.2, -0.15) is 0 Å². The molecule has 2 atom stereocenters. The predicted molar refractivity (Wildman–Crippen MR) is 103 cm³/mol. The van der Waals surface area contributed by atoms with Gasteiger partial charge in [0, 0.05) is 12.7 Å². The fraction of sp³-hybridized carbons (Fsp3) is 0.316. The van der Waals surface area contributed by atoms with Crippen molar-refractivity contribution < 1.29 is 19.1 Å². The minimum Gasteiger partial charge on any atom is -0.497 e. The molecular formula is C19H22N2O4S. The maximum Gasteiger partial charge on any atom is 0.240 e. The Balaban J connectivity index is 2.08. The molecule has 0 fully saturated rings. The molecule has 0 aromatic heterocycles. The van der Waals surface area contributed by atoms with Crippen LogP contribution < -0.4 is 15.8 Å². The summed E-state index contributed by atoms with van der Waals surface area (Å²) in [6.07, 6.45) is 0. The minimum absolute atomic E-state index is 0.0885. The Morgan fingerprint density at radius 1 is 1.15 bits per heavy atom. The Labute approximate surface area is 156 Å². The smallest absolute Gasteiger partial charge is 0.240 e. The van der Waals surface area contributed by atoms with Crippen molar-refractivity contribution in [2.24, 2.45) is 5.73 Å². The Morgan fingerprint density at radius 2 is 1.81 bits per heavy atom. The number of carbonyl (C=O) groups is 3. The van der Waals surface area contributed by atoms with Gasteiger partial charge in [0.2, 0.25) is 11.8 Å². The second-order valence-electron chi connectivity index (χ2n) is 5.98. The van der Waals surface area contributed by atoms with Gasteiger partial charge in [0.25, 0.3) is 0 Å². The van der Waals surface area contributed by atoms with Crippen molar-refractivity contribution in [3.8, 4) is 5.75 Å². The number of nitrogens with two attached hydrogens (primary N) is 1. The highest BCUT2D eigenvalue weighted by Gasteiger charge is 2.22. The molecule has 3 N–H and O–H groups in total. The van der Waals surface area contributed by atoms with Gasteiger partial charge in [-0.1, -0.05) is 43.0 Å². The zero-order chi connectivity index (χ0) is 19.3. The number of primary amides is 1. The lowest BCUT2D eigenvalue weighted by atomic mass is 9.99. The monoisotopic (exact) mass is 374 g/mol. The van der Waals surface area contributed by atoms with Gasteiger partial charge in [-0.05, 0) is 28.5 Å². The van der Waals surface area contributed by atoms with Crippen molar-refractivity contribution in [2.75, 3.05) is 12.9 Å².